The molecule has 0 unspecified atom stereocenters. The quantitative estimate of drug-likeness (QED) is 0.810. The third-order valence-corrected chi connectivity index (χ3v) is 3.82. The van der Waals surface area contributed by atoms with Gasteiger partial charge in [-0.15, -0.1) is 11.3 Å². The Hall–Kier alpha value is -0.450. The monoisotopic (exact) mass is 240 g/mol. The van der Waals surface area contributed by atoms with Gasteiger partial charge in [0.2, 0.25) is 0 Å². The smallest absolute Gasteiger partial charge is 0.0926 e. The molecule has 0 N–H and O–H groups in total. The van der Waals surface area contributed by atoms with E-state index in [9.17, 15) is 0 Å². The average molecular weight is 240 g/mol. The van der Waals surface area contributed by atoms with E-state index in [-0.39, 0.29) is 0 Å². The maximum absolute atomic E-state index is 5.72. The first-order valence-electron chi connectivity index (χ1n) is 5.98. The second kappa shape index (κ2) is 5.25. The molecule has 3 nitrogen and oxygen atoms in total. The Morgan fingerprint density at radius 3 is 2.69 bits per heavy atom. The van der Waals surface area contributed by atoms with E-state index in [2.05, 4.69) is 36.0 Å². The minimum atomic E-state index is 0.341. The highest BCUT2D eigenvalue weighted by Gasteiger charge is 2.22. The molecule has 1 aliphatic heterocycles. The van der Waals surface area contributed by atoms with Crippen molar-refractivity contribution in [1.29, 1.82) is 0 Å². The zero-order valence-electron chi connectivity index (χ0n) is 10.3. The number of aryl methyl sites for hydroxylation is 1. The van der Waals surface area contributed by atoms with E-state index < -0.39 is 0 Å². The standard InChI is InChI=1S/C12H20N2OS/c1-4-12-13-11(8-16-12)7-14-5-9(2)15-10(3)6-14/h8-10H,4-7H2,1-3H3/t9-,10-/m1/s1. The zero-order valence-corrected chi connectivity index (χ0v) is 11.1. The van der Waals surface area contributed by atoms with Gasteiger partial charge in [-0.3, -0.25) is 4.90 Å². The predicted molar refractivity (Wildman–Crippen MR) is 66.8 cm³/mol. The van der Waals surface area contributed by atoms with E-state index in [1.54, 1.807) is 11.3 Å². The molecule has 0 bridgehead atoms. The van der Waals surface area contributed by atoms with Crippen LogP contribution in [0.2, 0.25) is 0 Å². The van der Waals surface area contributed by atoms with Crippen LogP contribution in [-0.2, 0) is 17.7 Å². The summed E-state index contributed by atoms with van der Waals surface area (Å²) in [6.07, 6.45) is 1.72. The summed E-state index contributed by atoms with van der Waals surface area (Å²) in [4.78, 5) is 7.05. The molecule has 0 radical (unpaired) electrons. The van der Waals surface area contributed by atoms with Crippen molar-refractivity contribution in [1.82, 2.24) is 9.88 Å². The van der Waals surface area contributed by atoms with Gasteiger partial charge in [-0.1, -0.05) is 6.92 Å². The van der Waals surface area contributed by atoms with Gasteiger partial charge in [0, 0.05) is 25.0 Å². The normalized spacial score (nSPS) is 27.2. The van der Waals surface area contributed by atoms with Gasteiger partial charge in [0.05, 0.1) is 22.9 Å². The summed E-state index contributed by atoms with van der Waals surface area (Å²) in [5.41, 5.74) is 1.21. The lowest BCUT2D eigenvalue weighted by molar-refractivity contribution is -0.0707. The van der Waals surface area contributed by atoms with Crippen LogP contribution < -0.4 is 0 Å². The first-order valence-corrected chi connectivity index (χ1v) is 6.86. The van der Waals surface area contributed by atoms with Crippen molar-refractivity contribution in [2.24, 2.45) is 0 Å². The van der Waals surface area contributed by atoms with Crippen LogP contribution in [0.5, 0.6) is 0 Å². The maximum atomic E-state index is 5.72. The average Bonchev–Trinajstić information content (AvgIpc) is 2.64. The van der Waals surface area contributed by atoms with Gasteiger partial charge in [-0.2, -0.15) is 0 Å². The van der Waals surface area contributed by atoms with E-state index in [4.69, 9.17) is 4.74 Å². The molecule has 0 aliphatic carbocycles. The lowest BCUT2D eigenvalue weighted by Crippen LogP contribution is -2.44. The molecule has 2 heterocycles. The number of aromatic nitrogens is 1. The molecule has 90 valence electrons. The van der Waals surface area contributed by atoms with Crippen molar-refractivity contribution in [3.63, 3.8) is 0 Å². The van der Waals surface area contributed by atoms with E-state index in [0.29, 0.717) is 12.2 Å². The highest BCUT2D eigenvalue weighted by molar-refractivity contribution is 7.09. The van der Waals surface area contributed by atoms with Crippen LogP contribution >= 0.6 is 11.3 Å². The number of hydrogen-bond acceptors (Lipinski definition) is 4. The summed E-state index contributed by atoms with van der Waals surface area (Å²) < 4.78 is 5.72. The zero-order chi connectivity index (χ0) is 11.5. The van der Waals surface area contributed by atoms with E-state index in [1.807, 2.05) is 0 Å². The van der Waals surface area contributed by atoms with Gasteiger partial charge in [-0.05, 0) is 20.3 Å². The van der Waals surface area contributed by atoms with Crippen LogP contribution in [0.3, 0.4) is 0 Å². The van der Waals surface area contributed by atoms with Crippen molar-refractivity contribution in [2.75, 3.05) is 13.1 Å². The summed E-state index contributed by atoms with van der Waals surface area (Å²) in [6, 6.07) is 0. The Kier molecular flexibility index (Phi) is 3.95. The Labute approximate surface area is 101 Å². The summed E-state index contributed by atoms with van der Waals surface area (Å²) >= 11 is 1.77. The summed E-state index contributed by atoms with van der Waals surface area (Å²) in [5, 5.41) is 3.42. The number of rotatable bonds is 3. The van der Waals surface area contributed by atoms with Crippen LogP contribution in [0.15, 0.2) is 5.38 Å². The fourth-order valence-corrected chi connectivity index (χ4v) is 2.96. The topological polar surface area (TPSA) is 25.4 Å². The van der Waals surface area contributed by atoms with Gasteiger partial charge in [0.15, 0.2) is 0 Å². The summed E-state index contributed by atoms with van der Waals surface area (Å²) in [6.45, 7) is 9.44. The number of morpholine rings is 1. The summed E-state index contributed by atoms with van der Waals surface area (Å²) in [7, 11) is 0. The molecule has 16 heavy (non-hydrogen) atoms. The second-order valence-corrected chi connectivity index (χ2v) is 5.48. The van der Waals surface area contributed by atoms with Gasteiger partial charge in [-0.25, -0.2) is 4.98 Å². The molecule has 1 aromatic heterocycles. The highest BCUT2D eigenvalue weighted by Crippen LogP contribution is 2.16. The molecular weight excluding hydrogens is 220 g/mol. The predicted octanol–water partition coefficient (Wildman–Crippen LogP) is 2.31. The minimum absolute atomic E-state index is 0.341. The van der Waals surface area contributed by atoms with Crippen LogP contribution in [0.4, 0.5) is 0 Å². The summed E-state index contributed by atoms with van der Waals surface area (Å²) in [5.74, 6) is 0. The SMILES string of the molecule is CCc1nc(CN2C[C@@H](C)O[C@H](C)C2)cs1. The van der Waals surface area contributed by atoms with Crippen LogP contribution in [0.25, 0.3) is 0 Å². The van der Waals surface area contributed by atoms with Crippen molar-refractivity contribution in [3.8, 4) is 0 Å². The Morgan fingerprint density at radius 1 is 1.44 bits per heavy atom. The number of hydrogen-bond donors (Lipinski definition) is 0. The second-order valence-electron chi connectivity index (χ2n) is 4.54. The van der Waals surface area contributed by atoms with Crippen molar-refractivity contribution in [3.05, 3.63) is 16.1 Å². The van der Waals surface area contributed by atoms with Gasteiger partial charge >= 0.3 is 0 Å². The molecule has 2 atom stereocenters. The Morgan fingerprint density at radius 2 is 2.12 bits per heavy atom. The largest absolute Gasteiger partial charge is 0.373 e. The molecule has 0 aromatic carbocycles. The molecule has 0 spiro atoms. The minimum Gasteiger partial charge on any atom is -0.373 e. The molecule has 1 aromatic rings. The molecular formula is C12H20N2OS. The molecule has 1 saturated heterocycles. The van der Waals surface area contributed by atoms with E-state index in [1.165, 1.54) is 10.7 Å². The third kappa shape index (κ3) is 3.03. The first kappa shape index (κ1) is 12.0. The molecule has 0 amide bonds. The van der Waals surface area contributed by atoms with Crippen molar-refractivity contribution >= 4 is 11.3 Å². The number of thiazole rings is 1. The van der Waals surface area contributed by atoms with Crippen LogP contribution in [0.1, 0.15) is 31.5 Å². The number of ether oxygens (including phenoxy) is 1. The lowest BCUT2D eigenvalue weighted by atomic mass is 10.2. The van der Waals surface area contributed by atoms with Crippen LogP contribution in [0, 0.1) is 0 Å². The van der Waals surface area contributed by atoms with Crippen molar-refractivity contribution < 1.29 is 4.74 Å². The highest BCUT2D eigenvalue weighted by atomic mass is 32.1. The lowest BCUT2D eigenvalue weighted by Gasteiger charge is -2.34. The first-order chi connectivity index (χ1) is 7.67. The fourth-order valence-electron chi connectivity index (χ4n) is 2.23. The van der Waals surface area contributed by atoms with E-state index >= 15 is 0 Å². The molecule has 1 aliphatic rings. The molecule has 2 rings (SSSR count). The molecule has 4 heteroatoms. The third-order valence-electron chi connectivity index (χ3n) is 2.78. The van der Waals surface area contributed by atoms with E-state index in [0.717, 1.165) is 26.1 Å². The fraction of sp³-hybridized carbons (Fsp3) is 0.750. The van der Waals surface area contributed by atoms with Gasteiger partial charge in [0.25, 0.3) is 0 Å². The van der Waals surface area contributed by atoms with Crippen molar-refractivity contribution in [2.45, 2.75) is 45.9 Å². The van der Waals surface area contributed by atoms with Crippen LogP contribution in [-0.4, -0.2) is 35.2 Å². The number of nitrogens with zero attached hydrogens (tertiary/aromatic N) is 2. The Bertz CT molecular complexity index is 330. The maximum Gasteiger partial charge on any atom is 0.0926 e. The van der Waals surface area contributed by atoms with Gasteiger partial charge in [0.1, 0.15) is 0 Å². The Balaban J connectivity index is 1.93. The molecule has 0 saturated carbocycles. The molecule has 1 fully saturated rings. The van der Waals surface area contributed by atoms with Gasteiger partial charge < -0.3 is 4.74 Å².